The fourth-order valence-corrected chi connectivity index (χ4v) is 4.37. The molecule has 5 N–H and O–H groups in total. The fraction of sp³-hybridized carbons (Fsp3) is 0.300. The Morgan fingerprint density at radius 3 is 2.76 bits per heavy atom. The average Bonchev–Trinajstić information content (AvgIpc) is 3.31. The van der Waals surface area contributed by atoms with Crippen LogP contribution in [0.2, 0.25) is 0 Å². The number of imidazole rings is 1. The van der Waals surface area contributed by atoms with Gasteiger partial charge in [-0.2, -0.15) is 5.10 Å². The van der Waals surface area contributed by atoms with Crippen molar-refractivity contribution in [3.63, 3.8) is 0 Å². The molecule has 29 heavy (non-hydrogen) atoms. The van der Waals surface area contributed by atoms with Gasteiger partial charge in [0.2, 0.25) is 5.91 Å². The lowest BCUT2D eigenvalue weighted by Crippen LogP contribution is -2.27. The van der Waals surface area contributed by atoms with Crippen LogP contribution in [0.25, 0.3) is 27.8 Å². The summed E-state index contributed by atoms with van der Waals surface area (Å²) < 4.78 is 1.78. The molecule has 3 heterocycles. The Balaban J connectivity index is 1.63. The Morgan fingerprint density at radius 2 is 2.03 bits per heavy atom. The van der Waals surface area contributed by atoms with E-state index in [0.717, 1.165) is 48.1 Å². The van der Waals surface area contributed by atoms with Crippen LogP contribution in [0.1, 0.15) is 37.4 Å². The summed E-state index contributed by atoms with van der Waals surface area (Å²) in [4.78, 5) is 24.0. The van der Waals surface area contributed by atoms with Gasteiger partial charge in [0.05, 0.1) is 5.69 Å². The van der Waals surface area contributed by atoms with E-state index in [9.17, 15) is 4.79 Å². The van der Waals surface area contributed by atoms with Crippen LogP contribution < -0.4 is 16.9 Å². The van der Waals surface area contributed by atoms with E-state index in [1.165, 1.54) is 6.33 Å². The summed E-state index contributed by atoms with van der Waals surface area (Å²) in [7, 11) is 6.11. The molecule has 1 aliphatic rings. The van der Waals surface area contributed by atoms with Crippen LogP contribution in [0.5, 0.6) is 0 Å². The molecule has 2 radical (unpaired) electrons. The molecule has 0 unspecified atom stereocenters. The van der Waals surface area contributed by atoms with Crippen LogP contribution in [0.4, 0.5) is 5.82 Å². The Morgan fingerprint density at radius 1 is 1.24 bits per heavy atom. The first-order valence-electron chi connectivity index (χ1n) is 9.69. The van der Waals surface area contributed by atoms with Gasteiger partial charge in [-0.3, -0.25) is 4.79 Å². The maximum atomic E-state index is 11.5. The molecule has 0 saturated heterocycles. The molecule has 9 heteroatoms. The highest BCUT2D eigenvalue weighted by Gasteiger charge is 2.30. The predicted molar refractivity (Wildman–Crippen MR) is 112 cm³/mol. The van der Waals surface area contributed by atoms with Gasteiger partial charge in [0.15, 0.2) is 5.82 Å². The Kier molecular flexibility index (Phi) is 4.04. The van der Waals surface area contributed by atoms with Crippen LogP contribution in [-0.4, -0.2) is 38.3 Å². The molecule has 1 fully saturated rings. The topological polar surface area (TPSA) is 128 Å². The molecular weight excluding hydrogens is 365 g/mol. The number of carbonyl (C=O) groups excluding carboxylic acids is 1. The first-order valence-corrected chi connectivity index (χ1v) is 9.69. The first-order chi connectivity index (χ1) is 14.0. The Bertz CT molecular complexity index is 1240. The molecule has 1 aromatic carbocycles. The normalized spacial score (nSPS) is 19.7. The highest BCUT2D eigenvalue weighted by atomic mass is 16.1. The highest BCUT2D eigenvalue weighted by Crippen LogP contribution is 2.38. The number of H-pyrrole nitrogens is 1. The van der Waals surface area contributed by atoms with Crippen LogP contribution in [0.15, 0.2) is 30.6 Å². The third-order valence-electron chi connectivity index (χ3n) is 5.92. The number of aromatic nitrogens is 5. The maximum Gasteiger partial charge on any atom is 0.220 e. The van der Waals surface area contributed by atoms with Crippen molar-refractivity contribution in [1.82, 2.24) is 24.6 Å². The molecule has 144 valence electrons. The third-order valence-corrected chi connectivity index (χ3v) is 5.92. The fourth-order valence-electron chi connectivity index (χ4n) is 4.37. The smallest absolute Gasteiger partial charge is 0.220 e. The molecule has 0 atom stereocenters. The number of para-hydroxylation sites is 1. The monoisotopic (exact) mass is 385 g/mol. The Labute approximate surface area is 168 Å². The third kappa shape index (κ3) is 2.85. The van der Waals surface area contributed by atoms with E-state index in [0.29, 0.717) is 22.5 Å². The number of hydrogen-bond acceptors (Lipinski definition) is 5. The number of rotatable bonds is 3. The number of nitrogens with zero attached hydrogens (tertiary/aromatic N) is 4. The molecule has 1 saturated carbocycles. The van der Waals surface area contributed by atoms with Crippen molar-refractivity contribution in [1.29, 1.82) is 0 Å². The predicted octanol–water partition coefficient (Wildman–Crippen LogP) is 1.41. The number of primary amides is 1. The lowest BCUT2D eigenvalue weighted by Gasteiger charge is -2.25. The molecule has 5 rings (SSSR count). The van der Waals surface area contributed by atoms with Crippen molar-refractivity contribution in [2.45, 2.75) is 31.6 Å². The summed E-state index contributed by atoms with van der Waals surface area (Å²) in [6.45, 7) is 0. The van der Waals surface area contributed by atoms with Gasteiger partial charge in [0.25, 0.3) is 0 Å². The number of aromatic amines is 1. The van der Waals surface area contributed by atoms with Crippen molar-refractivity contribution < 1.29 is 4.79 Å². The standard InChI is InChI=1S/C20H20BN7O/c21-13-3-1-2-12-8-14(26-15(12)13)16-17-18(22)24-9-25-28(17)20(27-16)11-6-4-10(5-7-11)19(23)29/h1-3,8-11,26H,4-7H2,(H2,23,29)(H2,22,24,25). The number of nitrogen functional groups attached to an aromatic ring is 1. The number of nitrogens with two attached hydrogens (primary N) is 2. The summed E-state index contributed by atoms with van der Waals surface area (Å²) >= 11 is 0. The molecular formula is C20H20BN7O. The van der Waals surface area contributed by atoms with Gasteiger partial charge in [-0.1, -0.05) is 23.7 Å². The SMILES string of the molecule is [B]c1cccc2cc(-c3nc(C4CCC(C(N)=O)CC4)n4ncnc(N)c34)[nH]c12. The van der Waals surface area contributed by atoms with Gasteiger partial charge >= 0.3 is 0 Å². The highest BCUT2D eigenvalue weighted by molar-refractivity contribution is 6.38. The molecule has 1 amide bonds. The van der Waals surface area contributed by atoms with Crippen molar-refractivity contribution in [2.24, 2.45) is 11.7 Å². The van der Waals surface area contributed by atoms with Crippen molar-refractivity contribution >= 4 is 41.5 Å². The summed E-state index contributed by atoms with van der Waals surface area (Å²) in [6, 6.07) is 7.78. The van der Waals surface area contributed by atoms with E-state index < -0.39 is 0 Å². The van der Waals surface area contributed by atoms with E-state index in [-0.39, 0.29) is 17.7 Å². The number of hydrogen-bond donors (Lipinski definition) is 3. The van der Waals surface area contributed by atoms with E-state index in [2.05, 4.69) is 15.1 Å². The van der Waals surface area contributed by atoms with Crippen molar-refractivity contribution in [2.75, 3.05) is 5.73 Å². The van der Waals surface area contributed by atoms with Gasteiger partial charge in [0, 0.05) is 17.4 Å². The second kappa shape index (κ2) is 6.61. The lowest BCUT2D eigenvalue weighted by atomic mass is 9.81. The van der Waals surface area contributed by atoms with Gasteiger partial charge in [-0.15, -0.1) is 0 Å². The van der Waals surface area contributed by atoms with Gasteiger partial charge in [-0.05, 0) is 37.1 Å². The summed E-state index contributed by atoms with van der Waals surface area (Å²) in [5, 5.41) is 5.42. The molecule has 0 spiro atoms. The molecule has 0 bridgehead atoms. The number of fused-ring (bicyclic) bond motifs is 2. The first kappa shape index (κ1) is 17.7. The average molecular weight is 385 g/mol. The van der Waals surface area contributed by atoms with Crippen LogP contribution in [0.3, 0.4) is 0 Å². The number of benzene rings is 1. The summed E-state index contributed by atoms with van der Waals surface area (Å²) in [5.41, 5.74) is 15.4. The van der Waals surface area contributed by atoms with E-state index in [1.54, 1.807) is 4.52 Å². The van der Waals surface area contributed by atoms with Gasteiger partial charge in [0.1, 0.15) is 31.2 Å². The molecule has 3 aromatic heterocycles. The van der Waals surface area contributed by atoms with Crippen LogP contribution in [-0.2, 0) is 4.79 Å². The zero-order chi connectivity index (χ0) is 20.1. The van der Waals surface area contributed by atoms with Crippen LogP contribution >= 0.6 is 0 Å². The van der Waals surface area contributed by atoms with E-state index in [4.69, 9.17) is 24.3 Å². The van der Waals surface area contributed by atoms with Crippen molar-refractivity contribution in [3.8, 4) is 11.4 Å². The number of nitrogens with one attached hydrogen (secondary N) is 1. The molecule has 8 nitrogen and oxygen atoms in total. The molecule has 0 aliphatic heterocycles. The zero-order valence-electron chi connectivity index (χ0n) is 15.8. The largest absolute Gasteiger partial charge is 0.382 e. The quantitative estimate of drug-likeness (QED) is 0.460. The molecule has 1 aliphatic carbocycles. The van der Waals surface area contributed by atoms with E-state index in [1.807, 2.05) is 24.3 Å². The number of carbonyl (C=O) groups is 1. The maximum absolute atomic E-state index is 11.5. The Hall–Kier alpha value is -3.36. The lowest BCUT2D eigenvalue weighted by molar-refractivity contribution is -0.122. The molecule has 4 aromatic rings. The van der Waals surface area contributed by atoms with E-state index >= 15 is 0 Å². The zero-order valence-corrected chi connectivity index (χ0v) is 15.8. The minimum absolute atomic E-state index is 0.0617. The second-order valence-electron chi connectivity index (χ2n) is 7.67. The minimum atomic E-state index is -0.223. The minimum Gasteiger partial charge on any atom is -0.382 e. The second-order valence-corrected chi connectivity index (χ2v) is 7.67. The number of anilines is 1. The van der Waals surface area contributed by atoms with Crippen LogP contribution in [0, 0.1) is 5.92 Å². The van der Waals surface area contributed by atoms with Gasteiger partial charge < -0.3 is 16.5 Å². The summed E-state index contributed by atoms with van der Waals surface area (Å²) in [5.74, 6) is 1.09. The van der Waals surface area contributed by atoms with Crippen molar-refractivity contribution in [3.05, 3.63) is 36.4 Å². The van der Waals surface area contributed by atoms with Gasteiger partial charge in [-0.25, -0.2) is 14.5 Å². The number of amides is 1. The summed E-state index contributed by atoms with van der Waals surface area (Å²) in [6.07, 6.45) is 4.61.